The number of carbonyl (C=O) groups excluding carboxylic acids is 3. The van der Waals surface area contributed by atoms with Crippen LogP contribution in [0.2, 0.25) is 0 Å². The Kier molecular flexibility index (Phi) is 39.5. The molecule has 6 heteroatoms. The zero-order chi connectivity index (χ0) is 38.0. The highest BCUT2D eigenvalue weighted by molar-refractivity contribution is 5.71. The molecule has 0 N–H and O–H groups in total. The molecule has 0 radical (unpaired) electrons. The molecule has 1 atom stereocenters. The third-order valence-electron chi connectivity index (χ3n) is 9.40. The Balaban J connectivity index is 4.37. The van der Waals surface area contributed by atoms with Crippen LogP contribution in [-0.2, 0) is 28.6 Å². The summed E-state index contributed by atoms with van der Waals surface area (Å²) in [5.74, 6) is -0.935. The number of rotatable bonds is 39. The first-order valence-electron chi connectivity index (χ1n) is 22.0. The molecule has 0 aliphatic carbocycles. The van der Waals surface area contributed by atoms with Crippen LogP contribution >= 0.6 is 0 Å². The zero-order valence-electron chi connectivity index (χ0n) is 34.3. The van der Waals surface area contributed by atoms with Gasteiger partial charge in [0.05, 0.1) is 0 Å². The van der Waals surface area contributed by atoms with Gasteiger partial charge in [-0.25, -0.2) is 0 Å². The summed E-state index contributed by atoms with van der Waals surface area (Å²) in [4.78, 5) is 37.5. The van der Waals surface area contributed by atoms with Gasteiger partial charge in [0, 0.05) is 19.3 Å². The lowest BCUT2D eigenvalue weighted by Gasteiger charge is -2.18. The van der Waals surface area contributed by atoms with Gasteiger partial charge in [0.2, 0.25) is 0 Å². The Labute approximate surface area is 321 Å². The number of ether oxygens (including phenoxy) is 3. The van der Waals surface area contributed by atoms with E-state index < -0.39 is 6.10 Å². The molecule has 1 unspecified atom stereocenters. The first-order valence-corrected chi connectivity index (χ1v) is 22.0. The van der Waals surface area contributed by atoms with E-state index in [2.05, 4.69) is 57.2 Å². The third-order valence-corrected chi connectivity index (χ3v) is 9.40. The highest BCUT2D eigenvalue weighted by Crippen LogP contribution is 2.14. The average Bonchev–Trinajstić information content (AvgIpc) is 3.14. The van der Waals surface area contributed by atoms with Crippen LogP contribution in [0.5, 0.6) is 0 Å². The number of allylic oxidation sites excluding steroid dienone is 6. The molecule has 0 heterocycles. The summed E-state index contributed by atoms with van der Waals surface area (Å²) in [5.41, 5.74) is 0. The van der Waals surface area contributed by atoms with Crippen LogP contribution in [0.4, 0.5) is 0 Å². The third kappa shape index (κ3) is 38.9. The van der Waals surface area contributed by atoms with Crippen LogP contribution in [0.3, 0.4) is 0 Å². The highest BCUT2D eigenvalue weighted by atomic mass is 16.6. The molecule has 0 aromatic rings. The fraction of sp³-hybridized carbons (Fsp3) is 0.804. The summed E-state index contributed by atoms with van der Waals surface area (Å²) in [6.07, 6.45) is 45.6. The summed E-state index contributed by atoms with van der Waals surface area (Å²) < 4.78 is 16.6. The number of hydrogen-bond acceptors (Lipinski definition) is 6. The van der Waals surface area contributed by atoms with E-state index in [1.54, 1.807) is 0 Å². The fourth-order valence-electron chi connectivity index (χ4n) is 6.02. The summed E-state index contributed by atoms with van der Waals surface area (Å²) in [5, 5.41) is 0. The van der Waals surface area contributed by atoms with Gasteiger partial charge in [-0.2, -0.15) is 0 Å². The van der Waals surface area contributed by atoms with Crippen molar-refractivity contribution in [3.05, 3.63) is 36.5 Å². The van der Waals surface area contributed by atoms with Gasteiger partial charge in [0.1, 0.15) is 13.2 Å². The van der Waals surface area contributed by atoms with Crippen LogP contribution in [-0.4, -0.2) is 37.2 Å². The number of hydrogen-bond donors (Lipinski definition) is 0. The van der Waals surface area contributed by atoms with Crippen LogP contribution in [0, 0.1) is 0 Å². The van der Waals surface area contributed by atoms with Gasteiger partial charge in [0.25, 0.3) is 0 Å². The van der Waals surface area contributed by atoms with Gasteiger partial charge in [-0.1, -0.05) is 173 Å². The quantitative estimate of drug-likeness (QED) is 0.0206. The van der Waals surface area contributed by atoms with Crippen molar-refractivity contribution in [1.29, 1.82) is 0 Å². The predicted octanol–water partition coefficient (Wildman–Crippen LogP) is 13.8. The van der Waals surface area contributed by atoms with Crippen LogP contribution in [0.15, 0.2) is 36.5 Å². The zero-order valence-corrected chi connectivity index (χ0v) is 34.3. The summed E-state index contributed by atoms with van der Waals surface area (Å²) in [6, 6.07) is 0. The lowest BCUT2D eigenvalue weighted by atomic mass is 10.1. The highest BCUT2D eigenvalue weighted by Gasteiger charge is 2.19. The van der Waals surface area contributed by atoms with Crippen LogP contribution in [0.25, 0.3) is 0 Å². The van der Waals surface area contributed by atoms with Crippen LogP contribution in [0.1, 0.15) is 220 Å². The van der Waals surface area contributed by atoms with Crippen molar-refractivity contribution < 1.29 is 28.6 Å². The van der Waals surface area contributed by atoms with Crippen molar-refractivity contribution in [1.82, 2.24) is 0 Å². The topological polar surface area (TPSA) is 78.9 Å². The lowest BCUT2D eigenvalue weighted by Crippen LogP contribution is -2.30. The molecule has 0 rings (SSSR count). The number of unbranched alkanes of at least 4 members (excludes halogenated alkanes) is 23. The Bertz CT molecular complexity index is 891. The van der Waals surface area contributed by atoms with E-state index in [1.165, 1.54) is 116 Å². The second kappa shape index (κ2) is 41.4. The maximum Gasteiger partial charge on any atom is 0.306 e. The Morgan fingerprint density at radius 1 is 0.385 bits per heavy atom. The van der Waals surface area contributed by atoms with Crippen molar-refractivity contribution in [2.75, 3.05) is 13.2 Å². The molecular formula is C46H82O6. The molecule has 0 aliphatic rings. The SMILES string of the molecule is CCCCC/C=C\C=C/CCCCCCCCC(=O)OCC(COC(=O)CCC/C=C\CCCCCC)OC(=O)CCCCCCCCCCCC. The molecule has 6 nitrogen and oxygen atoms in total. The van der Waals surface area contributed by atoms with Gasteiger partial charge >= 0.3 is 17.9 Å². The molecular weight excluding hydrogens is 648 g/mol. The first kappa shape index (κ1) is 49.6. The summed E-state index contributed by atoms with van der Waals surface area (Å²) in [6.45, 7) is 6.51. The van der Waals surface area contributed by atoms with Gasteiger partial charge < -0.3 is 14.2 Å². The fourth-order valence-corrected chi connectivity index (χ4v) is 6.02. The van der Waals surface area contributed by atoms with Gasteiger partial charge in [-0.15, -0.1) is 0 Å². The van der Waals surface area contributed by atoms with E-state index in [-0.39, 0.29) is 31.1 Å². The second-order valence-electron chi connectivity index (χ2n) is 14.6. The van der Waals surface area contributed by atoms with Gasteiger partial charge in [-0.05, 0) is 64.2 Å². The second-order valence-corrected chi connectivity index (χ2v) is 14.6. The summed E-state index contributed by atoms with van der Waals surface area (Å²) in [7, 11) is 0. The maximum atomic E-state index is 12.6. The van der Waals surface area contributed by atoms with E-state index in [9.17, 15) is 14.4 Å². The molecule has 0 saturated heterocycles. The molecule has 0 bridgehead atoms. The van der Waals surface area contributed by atoms with E-state index in [0.29, 0.717) is 19.3 Å². The Morgan fingerprint density at radius 3 is 1.21 bits per heavy atom. The van der Waals surface area contributed by atoms with E-state index >= 15 is 0 Å². The minimum Gasteiger partial charge on any atom is -0.462 e. The van der Waals surface area contributed by atoms with E-state index in [1.807, 2.05) is 0 Å². The minimum absolute atomic E-state index is 0.0852. The molecule has 302 valence electrons. The molecule has 0 saturated carbocycles. The maximum absolute atomic E-state index is 12.6. The van der Waals surface area contributed by atoms with Crippen molar-refractivity contribution in [3.63, 3.8) is 0 Å². The lowest BCUT2D eigenvalue weighted by molar-refractivity contribution is -0.167. The molecule has 0 amide bonds. The summed E-state index contributed by atoms with van der Waals surface area (Å²) >= 11 is 0. The molecule has 0 aliphatic heterocycles. The van der Waals surface area contributed by atoms with E-state index in [0.717, 1.165) is 64.2 Å². The van der Waals surface area contributed by atoms with Crippen molar-refractivity contribution in [3.8, 4) is 0 Å². The smallest absolute Gasteiger partial charge is 0.306 e. The predicted molar refractivity (Wildman–Crippen MR) is 219 cm³/mol. The molecule has 52 heavy (non-hydrogen) atoms. The van der Waals surface area contributed by atoms with Gasteiger partial charge in [0.15, 0.2) is 6.10 Å². The number of esters is 3. The normalized spacial score (nSPS) is 12.3. The van der Waals surface area contributed by atoms with E-state index in [4.69, 9.17) is 14.2 Å². The monoisotopic (exact) mass is 731 g/mol. The van der Waals surface area contributed by atoms with Crippen molar-refractivity contribution in [2.45, 2.75) is 226 Å². The Morgan fingerprint density at radius 2 is 0.712 bits per heavy atom. The van der Waals surface area contributed by atoms with Crippen LogP contribution < -0.4 is 0 Å². The van der Waals surface area contributed by atoms with Gasteiger partial charge in [-0.3, -0.25) is 14.4 Å². The molecule has 0 fully saturated rings. The number of carbonyl (C=O) groups is 3. The molecule has 0 aromatic heterocycles. The Hall–Kier alpha value is -2.37. The standard InChI is InChI=1S/C46H82O6/c1-4-7-10-13-16-19-21-22-23-24-25-28-30-33-36-39-45(48)51-42-43(41-50-44(47)38-35-32-29-26-18-15-12-9-6-3)52-46(49)40-37-34-31-27-20-17-14-11-8-5-2/h16,19,21-22,26,29,43H,4-15,17-18,20,23-25,27-28,30-42H2,1-3H3/b19-16-,22-21-,29-26-. The van der Waals surface area contributed by atoms with Crippen molar-refractivity contribution in [2.24, 2.45) is 0 Å². The molecule has 0 spiro atoms. The minimum atomic E-state index is -0.780. The average molecular weight is 731 g/mol. The largest absolute Gasteiger partial charge is 0.462 e. The van der Waals surface area contributed by atoms with Crippen molar-refractivity contribution >= 4 is 17.9 Å². The molecule has 0 aromatic carbocycles. The first-order chi connectivity index (χ1) is 25.5.